The Morgan fingerprint density at radius 1 is 1.22 bits per heavy atom. The molecule has 0 aromatic rings. The Balaban J connectivity index is 1.79. The highest BCUT2D eigenvalue weighted by atomic mass is 16.1. The van der Waals surface area contributed by atoms with Crippen molar-refractivity contribution in [2.45, 2.75) is 45.4 Å². The van der Waals surface area contributed by atoms with Crippen molar-refractivity contribution < 1.29 is 4.79 Å². The van der Waals surface area contributed by atoms with Gasteiger partial charge >= 0.3 is 0 Å². The molecule has 1 aliphatic carbocycles. The van der Waals surface area contributed by atoms with Crippen LogP contribution in [0.3, 0.4) is 0 Å². The van der Waals surface area contributed by atoms with E-state index in [4.69, 9.17) is 0 Å². The number of carbonyl (C=O) groups excluding carboxylic acids is 1. The summed E-state index contributed by atoms with van der Waals surface area (Å²) >= 11 is 0. The topological polar surface area (TPSA) is 32.3 Å². The van der Waals surface area contributed by atoms with Gasteiger partial charge in [0.2, 0.25) is 0 Å². The zero-order valence-electron chi connectivity index (χ0n) is 11.8. The monoisotopic (exact) mass is 252 g/mol. The third-order valence-corrected chi connectivity index (χ3v) is 4.63. The molecule has 2 aliphatic rings. The van der Waals surface area contributed by atoms with Gasteiger partial charge in [0.25, 0.3) is 0 Å². The zero-order chi connectivity index (χ0) is 12.8. The number of rotatable bonds is 4. The second-order valence-electron chi connectivity index (χ2n) is 5.98. The average molecular weight is 252 g/mol. The maximum absolute atomic E-state index is 12.4. The molecule has 3 nitrogen and oxygen atoms in total. The molecule has 1 saturated carbocycles. The fraction of sp³-hybridized carbons (Fsp3) is 0.933. The number of nitrogens with one attached hydrogen (secondary N) is 1. The van der Waals surface area contributed by atoms with Crippen molar-refractivity contribution in [1.82, 2.24) is 10.2 Å². The molecule has 0 amide bonds. The third kappa shape index (κ3) is 4.06. The van der Waals surface area contributed by atoms with Crippen molar-refractivity contribution in [3.05, 3.63) is 0 Å². The lowest BCUT2D eigenvalue weighted by molar-refractivity contribution is -0.125. The third-order valence-electron chi connectivity index (χ3n) is 4.63. The molecule has 3 heteroatoms. The number of hydrogen-bond donors (Lipinski definition) is 1. The number of Topliss-reactive ketones (excluding diaryl/α,β-unsaturated/α-hetero) is 1. The van der Waals surface area contributed by atoms with E-state index >= 15 is 0 Å². The lowest BCUT2D eigenvalue weighted by Gasteiger charge is -2.29. The lowest BCUT2D eigenvalue weighted by atomic mass is 9.78. The number of carbonyl (C=O) groups is 1. The predicted octanol–water partition coefficient (Wildman–Crippen LogP) is 2.07. The predicted molar refractivity (Wildman–Crippen MR) is 74.7 cm³/mol. The minimum atomic E-state index is 0.361. The van der Waals surface area contributed by atoms with Gasteiger partial charge in [0.15, 0.2) is 0 Å². The van der Waals surface area contributed by atoms with E-state index in [9.17, 15) is 4.79 Å². The van der Waals surface area contributed by atoms with Gasteiger partial charge in [-0.1, -0.05) is 26.2 Å². The van der Waals surface area contributed by atoms with Crippen LogP contribution in [0.2, 0.25) is 0 Å². The first kappa shape index (κ1) is 14.0. The summed E-state index contributed by atoms with van der Waals surface area (Å²) in [7, 11) is 0. The van der Waals surface area contributed by atoms with Crippen LogP contribution >= 0.6 is 0 Å². The van der Waals surface area contributed by atoms with Crippen LogP contribution in [0.5, 0.6) is 0 Å². The van der Waals surface area contributed by atoms with Crippen molar-refractivity contribution in [3.63, 3.8) is 0 Å². The van der Waals surface area contributed by atoms with Crippen molar-refractivity contribution in [2.24, 2.45) is 11.8 Å². The van der Waals surface area contributed by atoms with Crippen molar-refractivity contribution >= 4 is 5.78 Å². The summed E-state index contributed by atoms with van der Waals surface area (Å²) in [6.45, 7) is 7.22. The normalized spacial score (nSPS) is 30.9. The Hall–Kier alpha value is -0.410. The van der Waals surface area contributed by atoms with Crippen molar-refractivity contribution in [3.8, 4) is 0 Å². The fourth-order valence-electron chi connectivity index (χ4n) is 3.36. The van der Waals surface area contributed by atoms with Gasteiger partial charge in [-0.25, -0.2) is 0 Å². The summed E-state index contributed by atoms with van der Waals surface area (Å²) in [5.74, 6) is 1.67. The summed E-state index contributed by atoms with van der Waals surface area (Å²) in [5, 5.41) is 3.39. The maximum atomic E-state index is 12.4. The van der Waals surface area contributed by atoms with Crippen LogP contribution in [0.1, 0.15) is 45.4 Å². The molecule has 1 aliphatic heterocycles. The van der Waals surface area contributed by atoms with E-state index in [2.05, 4.69) is 17.1 Å². The Bertz CT molecular complexity index is 259. The summed E-state index contributed by atoms with van der Waals surface area (Å²) in [6, 6.07) is 0. The molecule has 0 radical (unpaired) electrons. The maximum Gasteiger partial charge on any atom is 0.149 e. The minimum Gasteiger partial charge on any atom is -0.315 e. The Morgan fingerprint density at radius 2 is 2.11 bits per heavy atom. The zero-order valence-corrected chi connectivity index (χ0v) is 11.8. The highest BCUT2D eigenvalue weighted by Crippen LogP contribution is 2.31. The van der Waals surface area contributed by atoms with Gasteiger partial charge in [-0.3, -0.25) is 9.69 Å². The van der Waals surface area contributed by atoms with Crippen molar-refractivity contribution in [1.29, 1.82) is 0 Å². The van der Waals surface area contributed by atoms with Crippen LogP contribution in [-0.2, 0) is 4.79 Å². The molecule has 0 bridgehead atoms. The Kier molecular flexibility index (Phi) is 5.64. The first-order chi connectivity index (χ1) is 8.79. The van der Waals surface area contributed by atoms with Crippen LogP contribution in [0, 0.1) is 11.8 Å². The second-order valence-corrected chi connectivity index (χ2v) is 5.98. The Labute approximate surface area is 111 Å². The molecule has 2 unspecified atom stereocenters. The van der Waals surface area contributed by atoms with E-state index in [1.807, 2.05) is 0 Å². The molecular formula is C15H28N2O. The smallest absolute Gasteiger partial charge is 0.149 e. The highest BCUT2D eigenvalue weighted by Gasteiger charge is 2.27. The second kappa shape index (κ2) is 7.25. The van der Waals surface area contributed by atoms with E-state index in [1.54, 1.807) is 0 Å². The van der Waals surface area contributed by atoms with Crippen LogP contribution in [0.4, 0.5) is 0 Å². The quantitative estimate of drug-likeness (QED) is 0.831. The van der Waals surface area contributed by atoms with E-state index in [0.29, 0.717) is 18.2 Å². The molecule has 0 spiro atoms. The van der Waals surface area contributed by atoms with Gasteiger partial charge in [0.1, 0.15) is 5.78 Å². The molecular weight excluding hydrogens is 224 g/mol. The molecule has 0 aromatic heterocycles. The molecule has 1 N–H and O–H groups in total. The summed E-state index contributed by atoms with van der Waals surface area (Å²) in [5.41, 5.74) is 0. The molecule has 1 heterocycles. The average Bonchev–Trinajstić information content (AvgIpc) is 2.67. The molecule has 2 fully saturated rings. The van der Waals surface area contributed by atoms with Crippen LogP contribution in [0.15, 0.2) is 0 Å². The van der Waals surface area contributed by atoms with E-state index < -0.39 is 0 Å². The first-order valence-corrected chi connectivity index (χ1v) is 7.75. The van der Waals surface area contributed by atoms with Gasteiger partial charge < -0.3 is 5.32 Å². The van der Waals surface area contributed by atoms with Crippen LogP contribution < -0.4 is 5.32 Å². The summed E-state index contributed by atoms with van der Waals surface area (Å²) in [6.07, 6.45) is 7.32. The first-order valence-electron chi connectivity index (χ1n) is 7.75. The van der Waals surface area contributed by atoms with Gasteiger partial charge in [0.05, 0.1) is 6.54 Å². The van der Waals surface area contributed by atoms with E-state index in [0.717, 1.165) is 44.9 Å². The van der Waals surface area contributed by atoms with Gasteiger partial charge in [-0.15, -0.1) is 0 Å². The molecule has 104 valence electrons. The van der Waals surface area contributed by atoms with Gasteiger partial charge in [0, 0.05) is 19.0 Å². The highest BCUT2D eigenvalue weighted by molar-refractivity contribution is 5.83. The van der Waals surface area contributed by atoms with E-state index in [-0.39, 0.29) is 0 Å². The van der Waals surface area contributed by atoms with Crippen LogP contribution in [-0.4, -0.2) is 43.4 Å². The van der Waals surface area contributed by atoms with Crippen molar-refractivity contribution in [2.75, 3.05) is 32.7 Å². The summed E-state index contributed by atoms with van der Waals surface area (Å²) in [4.78, 5) is 14.7. The summed E-state index contributed by atoms with van der Waals surface area (Å²) < 4.78 is 0. The molecule has 2 atom stereocenters. The SMILES string of the molecule is CCC1CCCC(C(=O)CN2CCCNCC2)C1. The fourth-order valence-corrected chi connectivity index (χ4v) is 3.36. The van der Waals surface area contributed by atoms with Crippen LogP contribution in [0.25, 0.3) is 0 Å². The molecule has 18 heavy (non-hydrogen) atoms. The van der Waals surface area contributed by atoms with Gasteiger partial charge in [-0.05, 0) is 38.3 Å². The number of nitrogens with zero attached hydrogens (tertiary/aromatic N) is 1. The number of hydrogen-bond acceptors (Lipinski definition) is 3. The standard InChI is InChI=1S/C15H28N2O/c1-2-13-5-3-6-14(11-13)15(18)12-17-9-4-7-16-8-10-17/h13-14,16H,2-12H2,1H3. The van der Waals surface area contributed by atoms with Gasteiger partial charge in [-0.2, -0.15) is 0 Å². The Morgan fingerprint density at radius 3 is 2.94 bits per heavy atom. The molecule has 1 saturated heterocycles. The minimum absolute atomic E-state index is 0.361. The van der Waals surface area contributed by atoms with E-state index in [1.165, 1.54) is 25.7 Å². The molecule has 2 rings (SSSR count). The number of ketones is 1. The largest absolute Gasteiger partial charge is 0.315 e. The molecule has 0 aromatic carbocycles. The lowest BCUT2D eigenvalue weighted by Crippen LogP contribution is -2.37.